The summed E-state index contributed by atoms with van der Waals surface area (Å²) in [5.41, 5.74) is -0.340. The van der Waals surface area contributed by atoms with Gasteiger partial charge in [-0.3, -0.25) is 0 Å². The Morgan fingerprint density at radius 2 is 1.73 bits per heavy atom. The molecule has 1 N–H and O–H groups in total. The van der Waals surface area contributed by atoms with Crippen LogP contribution in [0.4, 0.5) is 0 Å². The summed E-state index contributed by atoms with van der Waals surface area (Å²) in [4.78, 5) is 0. The smallest absolute Gasteiger partial charge is 0.0791 e. The van der Waals surface area contributed by atoms with Crippen molar-refractivity contribution in [3.05, 3.63) is 0 Å². The quantitative estimate of drug-likeness (QED) is 0.692. The molecule has 0 bridgehead atoms. The molecule has 2 rings (SSSR count). The highest BCUT2D eigenvalue weighted by atomic mass is 32.2. The first-order valence-corrected chi connectivity index (χ1v) is 7.62. The molecule has 2 fully saturated rings. The summed E-state index contributed by atoms with van der Waals surface area (Å²) in [7, 11) is 0. The maximum absolute atomic E-state index is 10.9. The van der Waals surface area contributed by atoms with Crippen LogP contribution in [0.15, 0.2) is 0 Å². The number of hydrogen-bond acceptors (Lipinski definition) is 2. The van der Waals surface area contributed by atoms with E-state index >= 15 is 0 Å². The topological polar surface area (TPSA) is 20.2 Å². The third kappa shape index (κ3) is 2.52. The Morgan fingerprint density at radius 1 is 1.07 bits per heavy atom. The summed E-state index contributed by atoms with van der Waals surface area (Å²) in [6.45, 7) is 2.23. The van der Waals surface area contributed by atoms with Crippen molar-refractivity contribution in [3.63, 3.8) is 0 Å². The van der Waals surface area contributed by atoms with Crippen molar-refractivity contribution in [2.45, 2.75) is 69.1 Å². The maximum Gasteiger partial charge on any atom is 0.0791 e. The van der Waals surface area contributed by atoms with E-state index in [4.69, 9.17) is 0 Å². The molecule has 1 saturated carbocycles. The largest absolute Gasteiger partial charge is 0.388 e. The van der Waals surface area contributed by atoms with E-state index in [1.54, 1.807) is 0 Å². The van der Waals surface area contributed by atoms with Crippen LogP contribution in [-0.4, -0.2) is 21.7 Å². The molecule has 1 aliphatic carbocycles. The molecule has 0 aromatic rings. The second-order valence-electron chi connectivity index (χ2n) is 5.30. The molecule has 0 aromatic heterocycles. The summed E-state index contributed by atoms with van der Waals surface area (Å²) in [5.74, 6) is 1.83. The molecule has 0 radical (unpaired) electrons. The van der Waals surface area contributed by atoms with E-state index in [2.05, 4.69) is 6.92 Å². The Hall–Kier alpha value is 0.310. The van der Waals surface area contributed by atoms with Gasteiger partial charge in [-0.25, -0.2) is 0 Å². The highest BCUT2D eigenvalue weighted by Gasteiger charge is 2.42. The van der Waals surface area contributed by atoms with E-state index in [1.807, 2.05) is 11.8 Å². The normalized spacial score (nSPS) is 40.0. The number of rotatable bonds is 1. The first kappa shape index (κ1) is 11.8. The van der Waals surface area contributed by atoms with Gasteiger partial charge in [0.15, 0.2) is 0 Å². The number of thioether (sulfide) groups is 1. The minimum Gasteiger partial charge on any atom is -0.388 e. The van der Waals surface area contributed by atoms with Gasteiger partial charge in [0.2, 0.25) is 0 Å². The van der Waals surface area contributed by atoms with Crippen molar-refractivity contribution in [1.82, 2.24) is 0 Å². The lowest BCUT2D eigenvalue weighted by Crippen LogP contribution is -2.48. The van der Waals surface area contributed by atoms with Gasteiger partial charge in [-0.05, 0) is 37.4 Å². The van der Waals surface area contributed by atoms with E-state index in [0.717, 1.165) is 6.42 Å². The fraction of sp³-hybridized carbons (Fsp3) is 1.00. The van der Waals surface area contributed by atoms with Crippen molar-refractivity contribution >= 4 is 11.8 Å². The molecule has 0 spiro atoms. The predicted octanol–water partition coefficient (Wildman–Crippen LogP) is 3.60. The lowest BCUT2D eigenvalue weighted by atomic mass is 9.77. The van der Waals surface area contributed by atoms with Crippen molar-refractivity contribution < 1.29 is 5.11 Å². The standard InChI is InChI=1S/C13H24OS/c1-11-13(14,9-6-10-15-11)12-7-4-2-3-5-8-12/h11-12,14H,2-10H2,1H3. The molecule has 1 aliphatic heterocycles. The zero-order chi connectivity index (χ0) is 10.7. The van der Waals surface area contributed by atoms with Crippen molar-refractivity contribution in [2.24, 2.45) is 5.92 Å². The SMILES string of the molecule is CC1SCCCC1(O)C1CCCCCC1. The van der Waals surface area contributed by atoms with Gasteiger partial charge in [-0.1, -0.05) is 32.6 Å². The van der Waals surface area contributed by atoms with Crippen LogP contribution in [0.2, 0.25) is 0 Å². The van der Waals surface area contributed by atoms with Crippen LogP contribution in [0.1, 0.15) is 58.3 Å². The molecule has 88 valence electrons. The predicted molar refractivity (Wildman–Crippen MR) is 67.3 cm³/mol. The van der Waals surface area contributed by atoms with E-state index in [1.165, 1.54) is 50.7 Å². The Labute approximate surface area is 98.0 Å². The van der Waals surface area contributed by atoms with Gasteiger partial charge in [-0.15, -0.1) is 0 Å². The van der Waals surface area contributed by atoms with E-state index in [9.17, 15) is 5.11 Å². The zero-order valence-corrected chi connectivity index (χ0v) is 10.7. The summed E-state index contributed by atoms with van der Waals surface area (Å²) in [5, 5.41) is 11.3. The average molecular weight is 228 g/mol. The second-order valence-corrected chi connectivity index (χ2v) is 6.74. The van der Waals surface area contributed by atoms with Gasteiger partial charge < -0.3 is 5.11 Å². The van der Waals surface area contributed by atoms with Gasteiger partial charge >= 0.3 is 0 Å². The second kappa shape index (κ2) is 5.09. The van der Waals surface area contributed by atoms with Crippen LogP contribution in [0.5, 0.6) is 0 Å². The number of hydrogen-bond donors (Lipinski definition) is 1. The van der Waals surface area contributed by atoms with Crippen LogP contribution < -0.4 is 0 Å². The number of aliphatic hydroxyl groups is 1. The van der Waals surface area contributed by atoms with Gasteiger partial charge in [0.1, 0.15) is 0 Å². The van der Waals surface area contributed by atoms with Crippen molar-refractivity contribution in [1.29, 1.82) is 0 Å². The van der Waals surface area contributed by atoms with Gasteiger partial charge in [-0.2, -0.15) is 11.8 Å². The molecule has 1 nitrogen and oxygen atoms in total. The van der Waals surface area contributed by atoms with Gasteiger partial charge in [0, 0.05) is 5.25 Å². The lowest BCUT2D eigenvalue weighted by molar-refractivity contribution is -0.0334. The Balaban J connectivity index is 2.04. The lowest BCUT2D eigenvalue weighted by Gasteiger charge is -2.43. The molecular formula is C13H24OS. The molecule has 2 aliphatic rings. The third-order valence-corrected chi connectivity index (χ3v) is 5.79. The molecule has 1 saturated heterocycles. The van der Waals surface area contributed by atoms with Crippen molar-refractivity contribution in [2.75, 3.05) is 5.75 Å². The summed E-state index contributed by atoms with van der Waals surface area (Å²) in [6.07, 6.45) is 10.2. The molecule has 2 heteroatoms. The van der Waals surface area contributed by atoms with E-state index < -0.39 is 0 Å². The minimum atomic E-state index is -0.340. The summed E-state index contributed by atoms with van der Waals surface area (Å²) < 4.78 is 0. The highest BCUT2D eigenvalue weighted by molar-refractivity contribution is 8.00. The first-order valence-electron chi connectivity index (χ1n) is 6.57. The molecule has 2 atom stereocenters. The van der Waals surface area contributed by atoms with Crippen LogP contribution >= 0.6 is 11.8 Å². The third-order valence-electron chi connectivity index (χ3n) is 4.36. The Kier molecular flexibility index (Phi) is 4.00. The van der Waals surface area contributed by atoms with E-state index in [0.29, 0.717) is 11.2 Å². The fourth-order valence-corrected chi connectivity index (χ4v) is 4.54. The van der Waals surface area contributed by atoms with Crippen LogP contribution in [0.25, 0.3) is 0 Å². The fourth-order valence-electron chi connectivity index (χ4n) is 3.28. The van der Waals surface area contributed by atoms with Crippen LogP contribution in [0.3, 0.4) is 0 Å². The zero-order valence-electron chi connectivity index (χ0n) is 9.87. The Bertz CT molecular complexity index is 199. The average Bonchev–Trinajstić information content (AvgIpc) is 2.51. The van der Waals surface area contributed by atoms with Gasteiger partial charge in [0.05, 0.1) is 5.60 Å². The maximum atomic E-state index is 10.9. The summed E-state index contributed by atoms with van der Waals surface area (Å²) >= 11 is 1.98. The highest BCUT2D eigenvalue weighted by Crippen LogP contribution is 2.43. The molecule has 0 aromatic carbocycles. The molecule has 0 amide bonds. The minimum absolute atomic E-state index is 0.340. The molecule has 1 heterocycles. The summed E-state index contributed by atoms with van der Waals surface area (Å²) in [6, 6.07) is 0. The monoisotopic (exact) mass is 228 g/mol. The van der Waals surface area contributed by atoms with E-state index in [-0.39, 0.29) is 5.60 Å². The van der Waals surface area contributed by atoms with Crippen molar-refractivity contribution in [3.8, 4) is 0 Å². The first-order chi connectivity index (χ1) is 7.23. The van der Waals surface area contributed by atoms with Gasteiger partial charge in [0.25, 0.3) is 0 Å². The Morgan fingerprint density at radius 3 is 2.33 bits per heavy atom. The molecule has 15 heavy (non-hydrogen) atoms. The molecule has 2 unspecified atom stereocenters. The van der Waals surface area contributed by atoms with Crippen LogP contribution in [-0.2, 0) is 0 Å². The molecular weight excluding hydrogens is 204 g/mol. The van der Waals surface area contributed by atoms with Crippen LogP contribution in [0, 0.1) is 5.92 Å².